The zero-order valence-corrected chi connectivity index (χ0v) is 12.4. The van der Waals surface area contributed by atoms with Crippen LogP contribution in [0, 0.1) is 19.3 Å². The highest BCUT2D eigenvalue weighted by molar-refractivity contribution is 5.74. The average Bonchev–Trinajstić information content (AvgIpc) is 2.83. The molecule has 1 aromatic rings. The third-order valence-corrected chi connectivity index (χ3v) is 4.55. The second-order valence-corrected chi connectivity index (χ2v) is 5.97. The molecule has 0 bridgehead atoms. The van der Waals surface area contributed by atoms with Crippen molar-refractivity contribution in [1.82, 2.24) is 14.7 Å². The molecule has 0 aromatic carbocycles. The van der Waals surface area contributed by atoms with Gasteiger partial charge in [0.15, 0.2) is 0 Å². The van der Waals surface area contributed by atoms with Crippen LogP contribution in [-0.2, 0) is 11.8 Å². The van der Waals surface area contributed by atoms with Gasteiger partial charge in [0, 0.05) is 30.9 Å². The molecule has 0 saturated carbocycles. The number of hydrogen-bond donors (Lipinski definition) is 1. The quantitative estimate of drug-likeness (QED) is 0.906. The minimum absolute atomic E-state index is 0.217. The predicted octanol–water partition coefficient (Wildman–Crippen LogP) is 1.89. The summed E-state index contributed by atoms with van der Waals surface area (Å²) in [6.07, 6.45) is 0.713. The molecule has 0 amide bonds. The van der Waals surface area contributed by atoms with Gasteiger partial charge in [-0.25, -0.2) is 0 Å². The molecular weight excluding hydrogens is 242 g/mol. The van der Waals surface area contributed by atoms with Gasteiger partial charge in [-0.05, 0) is 40.7 Å². The number of carbonyl (C=O) groups is 1. The van der Waals surface area contributed by atoms with E-state index in [2.05, 4.69) is 23.8 Å². The molecule has 106 valence electrons. The molecule has 5 nitrogen and oxygen atoms in total. The highest BCUT2D eigenvalue weighted by atomic mass is 16.4. The van der Waals surface area contributed by atoms with Crippen molar-refractivity contribution in [2.75, 3.05) is 13.1 Å². The van der Waals surface area contributed by atoms with Gasteiger partial charge < -0.3 is 5.11 Å². The Labute approximate surface area is 114 Å². The van der Waals surface area contributed by atoms with Crippen LogP contribution >= 0.6 is 0 Å². The minimum Gasteiger partial charge on any atom is -0.481 e. The zero-order chi connectivity index (χ0) is 14.4. The summed E-state index contributed by atoms with van der Waals surface area (Å²) < 4.78 is 1.90. The van der Waals surface area contributed by atoms with Gasteiger partial charge in [0.25, 0.3) is 0 Å². The van der Waals surface area contributed by atoms with E-state index in [1.165, 1.54) is 5.56 Å². The fourth-order valence-corrected chi connectivity index (χ4v) is 3.08. The Bertz CT molecular complexity index is 509. The van der Waals surface area contributed by atoms with Crippen molar-refractivity contribution in [3.8, 4) is 0 Å². The molecule has 1 N–H and O–H groups in total. The highest BCUT2D eigenvalue weighted by Crippen LogP contribution is 2.36. The lowest BCUT2D eigenvalue weighted by atomic mass is 9.90. The molecule has 1 fully saturated rings. The van der Waals surface area contributed by atoms with Crippen molar-refractivity contribution >= 4 is 5.97 Å². The Hall–Kier alpha value is -1.36. The van der Waals surface area contributed by atoms with E-state index in [0.717, 1.165) is 17.9 Å². The fraction of sp³-hybridized carbons (Fsp3) is 0.714. The maximum Gasteiger partial charge on any atom is 0.310 e. The number of aliphatic carboxylic acids is 1. The Morgan fingerprint density at radius 2 is 2.11 bits per heavy atom. The lowest BCUT2D eigenvalue weighted by Gasteiger charge is -2.26. The molecule has 19 heavy (non-hydrogen) atoms. The summed E-state index contributed by atoms with van der Waals surface area (Å²) in [4.78, 5) is 13.6. The number of aromatic nitrogens is 2. The van der Waals surface area contributed by atoms with E-state index in [9.17, 15) is 9.90 Å². The van der Waals surface area contributed by atoms with E-state index < -0.39 is 11.4 Å². The molecule has 1 aliphatic heterocycles. The number of carboxylic acids is 1. The van der Waals surface area contributed by atoms with E-state index in [4.69, 9.17) is 0 Å². The number of likely N-dealkylation sites (tertiary alicyclic amines) is 1. The van der Waals surface area contributed by atoms with Crippen molar-refractivity contribution in [3.05, 3.63) is 17.0 Å². The summed E-state index contributed by atoms with van der Waals surface area (Å²) in [5.74, 6) is -0.693. The topological polar surface area (TPSA) is 58.4 Å². The van der Waals surface area contributed by atoms with Crippen LogP contribution in [0.3, 0.4) is 0 Å². The van der Waals surface area contributed by atoms with E-state index in [-0.39, 0.29) is 6.04 Å². The predicted molar refractivity (Wildman–Crippen MR) is 73.0 cm³/mol. The molecule has 2 rings (SSSR count). The largest absolute Gasteiger partial charge is 0.481 e. The van der Waals surface area contributed by atoms with Gasteiger partial charge in [-0.3, -0.25) is 14.4 Å². The number of nitrogens with zero attached hydrogens (tertiary/aromatic N) is 3. The third-order valence-electron chi connectivity index (χ3n) is 4.55. The molecule has 1 aromatic heterocycles. The normalized spacial score (nSPS) is 25.7. The van der Waals surface area contributed by atoms with Gasteiger partial charge in [-0.2, -0.15) is 5.10 Å². The average molecular weight is 265 g/mol. The van der Waals surface area contributed by atoms with Crippen LogP contribution in [0.15, 0.2) is 0 Å². The lowest BCUT2D eigenvalue weighted by Crippen LogP contribution is -2.33. The van der Waals surface area contributed by atoms with Gasteiger partial charge in [0.1, 0.15) is 0 Å². The maximum atomic E-state index is 11.3. The third kappa shape index (κ3) is 2.27. The number of hydrogen-bond acceptors (Lipinski definition) is 3. The summed E-state index contributed by atoms with van der Waals surface area (Å²) in [7, 11) is 1.95. The zero-order valence-electron chi connectivity index (χ0n) is 12.4. The molecule has 5 heteroatoms. The molecule has 2 heterocycles. The van der Waals surface area contributed by atoms with Crippen LogP contribution in [0.5, 0.6) is 0 Å². The van der Waals surface area contributed by atoms with Gasteiger partial charge in [-0.15, -0.1) is 0 Å². The van der Waals surface area contributed by atoms with Gasteiger partial charge in [0.05, 0.1) is 11.1 Å². The second kappa shape index (κ2) is 4.63. The first-order valence-electron chi connectivity index (χ1n) is 6.74. The Morgan fingerprint density at radius 3 is 2.53 bits per heavy atom. The molecular formula is C14H23N3O2. The molecule has 0 spiro atoms. The van der Waals surface area contributed by atoms with Crippen molar-refractivity contribution in [2.24, 2.45) is 12.5 Å². The van der Waals surface area contributed by atoms with Crippen molar-refractivity contribution in [2.45, 2.75) is 40.2 Å². The Morgan fingerprint density at radius 1 is 1.47 bits per heavy atom. The molecule has 0 radical (unpaired) electrons. The number of carboxylic acid groups (broad SMARTS) is 1. The number of aryl methyl sites for hydroxylation is 2. The summed E-state index contributed by atoms with van der Waals surface area (Å²) in [6, 6.07) is 0.217. The standard InChI is InChI=1S/C14H23N3O2/c1-9-12(10(2)16(5)15-9)11(3)17-7-6-14(4,8-17)13(18)19/h11H,6-8H2,1-5H3,(H,18,19). The first kappa shape index (κ1) is 14.1. The SMILES string of the molecule is Cc1nn(C)c(C)c1C(C)N1CCC(C)(C(=O)O)C1. The highest BCUT2D eigenvalue weighted by Gasteiger charge is 2.42. The Kier molecular flexibility index (Phi) is 3.43. The smallest absolute Gasteiger partial charge is 0.310 e. The molecule has 1 saturated heterocycles. The molecule has 0 aliphatic carbocycles. The fourth-order valence-electron chi connectivity index (χ4n) is 3.08. The van der Waals surface area contributed by atoms with Gasteiger partial charge in [-0.1, -0.05) is 0 Å². The Balaban J connectivity index is 2.22. The van der Waals surface area contributed by atoms with Gasteiger partial charge >= 0.3 is 5.97 Å². The van der Waals surface area contributed by atoms with Crippen LogP contribution in [0.25, 0.3) is 0 Å². The van der Waals surface area contributed by atoms with Crippen LogP contribution in [0.4, 0.5) is 0 Å². The van der Waals surface area contributed by atoms with Crippen LogP contribution in [-0.4, -0.2) is 38.8 Å². The monoisotopic (exact) mass is 265 g/mol. The maximum absolute atomic E-state index is 11.3. The minimum atomic E-state index is -0.693. The molecule has 2 atom stereocenters. The summed E-state index contributed by atoms with van der Waals surface area (Å²) in [6.45, 7) is 9.51. The summed E-state index contributed by atoms with van der Waals surface area (Å²) in [5, 5.41) is 13.8. The van der Waals surface area contributed by atoms with Crippen LogP contribution in [0.2, 0.25) is 0 Å². The van der Waals surface area contributed by atoms with Crippen LogP contribution in [0.1, 0.15) is 43.3 Å². The summed E-state index contributed by atoms with van der Waals surface area (Å²) >= 11 is 0. The van der Waals surface area contributed by atoms with Crippen molar-refractivity contribution in [1.29, 1.82) is 0 Å². The van der Waals surface area contributed by atoms with Crippen LogP contribution < -0.4 is 0 Å². The molecule has 1 aliphatic rings. The first-order chi connectivity index (χ1) is 8.76. The van der Waals surface area contributed by atoms with Crippen molar-refractivity contribution < 1.29 is 9.90 Å². The van der Waals surface area contributed by atoms with E-state index in [1.54, 1.807) is 0 Å². The molecule has 2 unspecified atom stereocenters. The van der Waals surface area contributed by atoms with Gasteiger partial charge in [0.2, 0.25) is 0 Å². The number of rotatable bonds is 3. The van der Waals surface area contributed by atoms with Crippen molar-refractivity contribution in [3.63, 3.8) is 0 Å². The van der Waals surface area contributed by atoms with E-state index >= 15 is 0 Å². The second-order valence-electron chi connectivity index (χ2n) is 5.97. The lowest BCUT2D eigenvalue weighted by molar-refractivity contribution is -0.147. The first-order valence-corrected chi connectivity index (χ1v) is 6.74. The van der Waals surface area contributed by atoms with E-state index in [0.29, 0.717) is 13.0 Å². The van der Waals surface area contributed by atoms with E-state index in [1.807, 2.05) is 25.6 Å². The summed E-state index contributed by atoms with van der Waals surface area (Å²) in [5.41, 5.74) is 2.82.